The predicted molar refractivity (Wildman–Crippen MR) is 63.3 cm³/mol. The third kappa shape index (κ3) is 3.06. The number of carbonyl (C=O) groups excluding carboxylic acids is 1. The van der Waals surface area contributed by atoms with Crippen molar-refractivity contribution in [1.82, 2.24) is 15.4 Å². The van der Waals surface area contributed by atoms with Gasteiger partial charge in [0.25, 0.3) is 0 Å². The fraction of sp³-hybridized carbons (Fsp3) is 0.667. The van der Waals surface area contributed by atoms with E-state index in [2.05, 4.69) is 10.5 Å². The van der Waals surface area contributed by atoms with Crippen LogP contribution in [-0.4, -0.2) is 36.1 Å². The van der Waals surface area contributed by atoms with Gasteiger partial charge in [-0.05, 0) is 26.3 Å². The largest absolute Gasteiger partial charge is 0.361 e. The minimum Gasteiger partial charge on any atom is -0.361 e. The van der Waals surface area contributed by atoms with Crippen LogP contribution in [0.2, 0.25) is 0 Å². The van der Waals surface area contributed by atoms with E-state index in [1.54, 1.807) is 4.90 Å². The highest BCUT2D eigenvalue weighted by Crippen LogP contribution is 2.14. The lowest BCUT2D eigenvalue weighted by atomic mass is 9.98. The van der Waals surface area contributed by atoms with Gasteiger partial charge in [0.05, 0.1) is 12.5 Å². The van der Waals surface area contributed by atoms with Crippen molar-refractivity contribution in [2.75, 3.05) is 20.1 Å². The lowest BCUT2D eigenvalue weighted by molar-refractivity contribution is -0.135. The summed E-state index contributed by atoms with van der Waals surface area (Å²) in [5.41, 5.74) is 0.808. The Morgan fingerprint density at radius 3 is 3.12 bits per heavy atom. The average molecular weight is 237 g/mol. The quantitative estimate of drug-likeness (QED) is 0.850. The molecule has 1 aromatic rings. The Kier molecular flexibility index (Phi) is 3.78. The maximum absolute atomic E-state index is 12.1. The lowest BCUT2D eigenvalue weighted by Crippen LogP contribution is -2.41. The van der Waals surface area contributed by atoms with Crippen LogP contribution < -0.4 is 5.32 Å². The first-order valence-corrected chi connectivity index (χ1v) is 6.04. The van der Waals surface area contributed by atoms with E-state index in [-0.39, 0.29) is 11.8 Å². The number of aromatic nitrogens is 1. The average Bonchev–Trinajstić information content (AvgIpc) is 2.75. The molecule has 1 amide bonds. The number of rotatable bonds is 3. The molecule has 5 nitrogen and oxygen atoms in total. The minimum absolute atomic E-state index is 0.113. The topological polar surface area (TPSA) is 58.4 Å². The second-order valence-corrected chi connectivity index (χ2v) is 4.67. The SMILES string of the molecule is Cc1cc(CN(C)C(=O)[C@H]2CCCNC2)no1. The monoisotopic (exact) mass is 237 g/mol. The molecule has 0 spiro atoms. The molecule has 1 aliphatic heterocycles. The number of hydrogen-bond donors (Lipinski definition) is 1. The summed E-state index contributed by atoms with van der Waals surface area (Å²) >= 11 is 0. The zero-order valence-corrected chi connectivity index (χ0v) is 10.4. The molecule has 1 N–H and O–H groups in total. The second-order valence-electron chi connectivity index (χ2n) is 4.67. The lowest BCUT2D eigenvalue weighted by Gasteiger charge is -2.26. The molecule has 94 valence electrons. The van der Waals surface area contributed by atoms with Crippen molar-refractivity contribution in [1.29, 1.82) is 0 Å². The van der Waals surface area contributed by atoms with Crippen molar-refractivity contribution in [3.63, 3.8) is 0 Å². The molecule has 0 saturated carbocycles. The molecular weight excluding hydrogens is 218 g/mol. The van der Waals surface area contributed by atoms with E-state index in [1.165, 1.54) is 0 Å². The number of aryl methyl sites for hydroxylation is 1. The van der Waals surface area contributed by atoms with Crippen LogP contribution in [0.5, 0.6) is 0 Å². The van der Waals surface area contributed by atoms with Crippen LogP contribution >= 0.6 is 0 Å². The van der Waals surface area contributed by atoms with Crippen LogP contribution in [0.15, 0.2) is 10.6 Å². The molecule has 17 heavy (non-hydrogen) atoms. The van der Waals surface area contributed by atoms with Gasteiger partial charge < -0.3 is 14.7 Å². The second kappa shape index (κ2) is 5.31. The van der Waals surface area contributed by atoms with Crippen molar-refractivity contribution in [3.05, 3.63) is 17.5 Å². The predicted octanol–water partition coefficient (Wildman–Crippen LogP) is 0.941. The van der Waals surface area contributed by atoms with E-state index in [0.29, 0.717) is 6.54 Å². The Labute approximate surface area is 101 Å². The summed E-state index contributed by atoms with van der Waals surface area (Å²) in [5, 5.41) is 7.16. The molecule has 0 bridgehead atoms. The first kappa shape index (κ1) is 12.1. The molecule has 5 heteroatoms. The van der Waals surface area contributed by atoms with Crippen LogP contribution in [0.3, 0.4) is 0 Å². The van der Waals surface area contributed by atoms with Gasteiger partial charge in [-0.15, -0.1) is 0 Å². The van der Waals surface area contributed by atoms with Crippen LogP contribution in [-0.2, 0) is 11.3 Å². The molecule has 0 unspecified atom stereocenters. The summed E-state index contributed by atoms with van der Waals surface area (Å²) < 4.78 is 4.99. The molecule has 1 aliphatic rings. The van der Waals surface area contributed by atoms with E-state index in [0.717, 1.165) is 37.4 Å². The molecule has 1 aromatic heterocycles. The molecule has 0 aliphatic carbocycles. The third-order valence-corrected chi connectivity index (χ3v) is 3.10. The highest BCUT2D eigenvalue weighted by atomic mass is 16.5. The molecule has 1 fully saturated rings. The third-order valence-electron chi connectivity index (χ3n) is 3.10. The first-order chi connectivity index (χ1) is 8.16. The van der Waals surface area contributed by atoms with Crippen LogP contribution in [0.25, 0.3) is 0 Å². The molecule has 0 radical (unpaired) electrons. The summed E-state index contributed by atoms with van der Waals surface area (Å²) in [6.07, 6.45) is 2.06. The maximum Gasteiger partial charge on any atom is 0.227 e. The number of nitrogens with zero attached hydrogens (tertiary/aromatic N) is 2. The summed E-state index contributed by atoms with van der Waals surface area (Å²) in [6, 6.07) is 1.86. The Morgan fingerprint density at radius 1 is 1.71 bits per heavy atom. The van der Waals surface area contributed by atoms with Crippen molar-refractivity contribution < 1.29 is 9.32 Å². The highest BCUT2D eigenvalue weighted by molar-refractivity contribution is 5.78. The van der Waals surface area contributed by atoms with Crippen molar-refractivity contribution in [3.8, 4) is 0 Å². The van der Waals surface area contributed by atoms with Crippen LogP contribution in [0, 0.1) is 12.8 Å². The van der Waals surface area contributed by atoms with Gasteiger partial charge in [-0.25, -0.2) is 0 Å². The zero-order chi connectivity index (χ0) is 12.3. The van der Waals surface area contributed by atoms with Crippen LogP contribution in [0.1, 0.15) is 24.3 Å². The fourth-order valence-electron chi connectivity index (χ4n) is 2.19. The van der Waals surface area contributed by atoms with E-state index >= 15 is 0 Å². The zero-order valence-electron chi connectivity index (χ0n) is 10.4. The Balaban J connectivity index is 1.90. The fourth-order valence-corrected chi connectivity index (χ4v) is 2.19. The molecule has 2 heterocycles. The minimum atomic E-state index is 0.113. The van der Waals surface area contributed by atoms with E-state index in [4.69, 9.17) is 4.52 Å². The first-order valence-electron chi connectivity index (χ1n) is 6.04. The number of piperidine rings is 1. The summed E-state index contributed by atoms with van der Waals surface area (Å²) in [7, 11) is 1.82. The van der Waals surface area contributed by atoms with Gasteiger partial charge in [0, 0.05) is 19.7 Å². The smallest absolute Gasteiger partial charge is 0.227 e. The van der Waals surface area contributed by atoms with E-state index in [9.17, 15) is 4.79 Å². The molecule has 2 rings (SSSR count). The van der Waals surface area contributed by atoms with Crippen molar-refractivity contribution >= 4 is 5.91 Å². The number of nitrogens with one attached hydrogen (secondary N) is 1. The highest BCUT2D eigenvalue weighted by Gasteiger charge is 2.24. The summed E-state index contributed by atoms with van der Waals surface area (Å²) in [5.74, 6) is 1.08. The Morgan fingerprint density at radius 2 is 2.53 bits per heavy atom. The molecule has 0 aromatic carbocycles. The Bertz CT molecular complexity index is 383. The molecular formula is C12H19N3O2. The number of hydrogen-bond acceptors (Lipinski definition) is 4. The van der Waals surface area contributed by atoms with Crippen molar-refractivity contribution in [2.24, 2.45) is 5.92 Å². The molecule has 1 saturated heterocycles. The molecule has 1 atom stereocenters. The van der Waals surface area contributed by atoms with E-state index < -0.39 is 0 Å². The van der Waals surface area contributed by atoms with Gasteiger partial charge in [0.15, 0.2) is 0 Å². The summed E-state index contributed by atoms with van der Waals surface area (Å²) in [4.78, 5) is 13.9. The van der Waals surface area contributed by atoms with Gasteiger partial charge in [-0.3, -0.25) is 4.79 Å². The van der Waals surface area contributed by atoms with Gasteiger partial charge in [-0.1, -0.05) is 5.16 Å². The maximum atomic E-state index is 12.1. The van der Waals surface area contributed by atoms with E-state index in [1.807, 2.05) is 20.0 Å². The van der Waals surface area contributed by atoms with Gasteiger partial charge in [-0.2, -0.15) is 0 Å². The summed E-state index contributed by atoms with van der Waals surface area (Å²) in [6.45, 7) is 4.19. The van der Waals surface area contributed by atoms with Crippen molar-refractivity contribution in [2.45, 2.75) is 26.3 Å². The standard InChI is InChI=1S/C12H19N3O2/c1-9-6-11(14-17-9)8-15(2)12(16)10-4-3-5-13-7-10/h6,10,13H,3-5,7-8H2,1-2H3/t10-/m0/s1. The normalized spacial score (nSPS) is 20.2. The number of carbonyl (C=O) groups is 1. The van der Waals surface area contributed by atoms with Crippen LogP contribution in [0.4, 0.5) is 0 Å². The van der Waals surface area contributed by atoms with Gasteiger partial charge in [0.2, 0.25) is 5.91 Å². The number of amides is 1. The Hall–Kier alpha value is -1.36. The van der Waals surface area contributed by atoms with Gasteiger partial charge in [0.1, 0.15) is 11.5 Å². The van der Waals surface area contributed by atoms with Gasteiger partial charge >= 0.3 is 0 Å².